The molecule has 3 aromatic rings. The van der Waals surface area contributed by atoms with Gasteiger partial charge in [0.25, 0.3) is 11.8 Å². The van der Waals surface area contributed by atoms with E-state index in [-0.39, 0.29) is 28.0 Å². The van der Waals surface area contributed by atoms with Crippen molar-refractivity contribution in [1.29, 1.82) is 0 Å². The lowest BCUT2D eigenvalue weighted by Gasteiger charge is -2.49. The van der Waals surface area contributed by atoms with Crippen molar-refractivity contribution in [3.8, 4) is 17.1 Å². The molecule has 214 valence electrons. The number of hydrogen-bond donors (Lipinski definition) is 3. The van der Waals surface area contributed by atoms with Crippen molar-refractivity contribution >= 4 is 63.5 Å². The average Bonchev–Trinajstić information content (AvgIpc) is 3.57. The van der Waals surface area contributed by atoms with Gasteiger partial charge in [-0.05, 0) is 29.8 Å². The number of thioether (sulfide) groups is 2. The van der Waals surface area contributed by atoms with Crippen molar-refractivity contribution in [2.45, 2.75) is 16.6 Å². The van der Waals surface area contributed by atoms with E-state index in [1.165, 1.54) is 35.5 Å². The number of ether oxygens (including phenoxy) is 1. The maximum absolute atomic E-state index is 13.1. The van der Waals surface area contributed by atoms with Crippen LogP contribution < -0.4 is 15.8 Å². The van der Waals surface area contributed by atoms with Gasteiger partial charge in [0.2, 0.25) is 0 Å². The third-order valence-electron chi connectivity index (χ3n) is 6.26. The first-order chi connectivity index (χ1) is 19.7. The molecule has 0 bridgehead atoms. The van der Waals surface area contributed by atoms with Gasteiger partial charge in [-0.1, -0.05) is 16.9 Å². The van der Waals surface area contributed by atoms with Crippen LogP contribution in [0.15, 0.2) is 51.2 Å². The molecular weight excluding hydrogens is 593 g/mol. The Morgan fingerprint density at radius 2 is 2.02 bits per heavy atom. The van der Waals surface area contributed by atoms with Gasteiger partial charge in [0.05, 0.1) is 7.11 Å². The van der Waals surface area contributed by atoms with Crippen LogP contribution in [-0.2, 0) is 26.3 Å². The first-order valence-electron chi connectivity index (χ1n) is 11.9. The molecule has 1 aromatic carbocycles. The second kappa shape index (κ2) is 11.8. The zero-order valence-electron chi connectivity index (χ0n) is 21.9. The van der Waals surface area contributed by atoms with Crippen LogP contribution in [-0.4, -0.2) is 90.4 Å². The fraction of sp³-hybridized carbons (Fsp3) is 0.292. The summed E-state index contributed by atoms with van der Waals surface area (Å²) in [6.45, 7) is 0. The molecule has 2 aliphatic rings. The number of hydrogen-bond acceptors (Lipinski definition) is 13. The number of nitrogens with two attached hydrogens (primary N) is 1. The number of rotatable bonds is 10. The lowest BCUT2D eigenvalue weighted by Crippen LogP contribution is -2.71. The molecule has 4 N–H and O–H groups in total. The molecule has 17 heteroatoms. The fourth-order valence-corrected chi connectivity index (χ4v) is 7.22. The van der Waals surface area contributed by atoms with Crippen molar-refractivity contribution in [1.82, 2.24) is 30.0 Å². The van der Waals surface area contributed by atoms with E-state index in [4.69, 9.17) is 15.3 Å². The van der Waals surface area contributed by atoms with E-state index in [2.05, 4.69) is 25.7 Å². The molecule has 4 heterocycles. The number of benzene rings is 1. The lowest BCUT2D eigenvalue weighted by atomic mass is 10.0. The number of fused-ring (bicyclic) bond motifs is 1. The number of nitrogens with one attached hydrogen (secondary N) is 1. The fourth-order valence-electron chi connectivity index (χ4n) is 4.28. The Bertz CT molecular complexity index is 1570. The van der Waals surface area contributed by atoms with E-state index in [1.54, 1.807) is 12.5 Å². The highest BCUT2D eigenvalue weighted by atomic mass is 32.2. The molecule has 41 heavy (non-hydrogen) atoms. The number of anilines is 1. The predicted molar refractivity (Wildman–Crippen MR) is 153 cm³/mol. The number of carboxylic acid groups (broad SMARTS) is 1. The van der Waals surface area contributed by atoms with Gasteiger partial charge in [-0.15, -0.1) is 33.3 Å². The minimum atomic E-state index is -1.22. The van der Waals surface area contributed by atoms with Crippen molar-refractivity contribution in [2.75, 3.05) is 31.5 Å². The first-order valence-corrected chi connectivity index (χ1v) is 14.8. The smallest absolute Gasteiger partial charge is 0.352 e. The standard InChI is InChI=1S/C24H24N8O6S3/c1-31-18(11-4-6-13(37-2)7-5-11)28-29-24(31)41-9-12-8-39-21-16(20(34)32(21)17(12)22(35)36)27-19(33)15(30-38-3)14-10-40-23(25)26-14/h4-7,10,16,21H,8-9H2,1-3H3,(H2,25,26)(H,27,33)(H,35,36)/b30-15-/t16-,21-/m1/s1. The predicted octanol–water partition coefficient (Wildman–Crippen LogP) is 1.41. The molecule has 14 nitrogen and oxygen atoms in total. The van der Waals surface area contributed by atoms with Crippen LogP contribution in [0.5, 0.6) is 5.75 Å². The van der Waals surface area contributed by atoms with Crippen LogP contribution in [0.25, 0.3) is 11.4 Å². The molecule has 2 amide bonds. The normalized spacial score (nSPS) is 18.6. The van der Waals surface area contributed by atoms with E-state index < -0.39 is 29.2 Å². The number of β-lactam (4-membered cyclic amide) rings is 1. The Kier molecular flexibility index (Phi) is 8.18. The first kappa shape index (κ1) is 28.4. The van der Waals surface area contributed by atoms with Crippen LogP contribution >= 0.6 is 34.9 Å². The minimum absolute atomic E-state index is 0.0904. The van der Waals surface area contributed by atoms with Gasteiger partial charge in [-0.25, -0.2) is 9.78 Å². The summed E-state index contributed by atoms with van der Waals surface area (Å²) in [6, 6.07) is 6.47. The number of carbonyl (C=O) groups is 3. The number of thiazole rings is 1. The molecule has 0 unspecified atom stereocenters. The summed E-state index contributed by atoms with van der Waals surface area (Å²) in [4.78, 5) is 48.3. The summed E-state index contributed by atoms with van der Waals surface area (Å²) in [7, 11) is 4.70. The van der Waals surface area contributed by atoms with Gasteiger partial charge in [0, 0.05) is 29.5 Å². The SMILES string of the molecule is CO/N=C(\C(=O)N[C@@H]1C(=O)N2C(C(=O)O)=C(CSc3nnc(-c4ccc(OC)cc4)n3C)CS[C@H]12)c1csc(N)n1. The summed E-state index contributed by atoms with van der Waals surface area (Å²) in [5.41, 5.74) is 7.05. The van der Waals surface area contributed by atoms with Crippen LogP contribution in [0.4, 0.5) is 5.13 Å². The number of aromatic nitrogens is 4. The molecule has 0 saturated carbocycles. The molecule has 1 saturated heterocycles. The topological polar surface area (TPSA) is 187 Å². The van der Waals surface area contributed by atoms with Crippen molar-refractivity contribution < 1.29 is 29.1 Å². The molecule has 2 atom stereocenters. The summed E-state index contributed by atoms with van der Waals surface area (Å²) in [5.74, 6) is -0.442. The Morgan fingerprint density at radius 1 is 1.27 bits per heavy atom. The number of nitrogen functional groups attached to an aromatic ring is 1. The quantitative estimate of drug-likeness (QED) is 0.129. The molecule has 1 fully saturated rings. The lowest BCUT2D eigenvalue weighted by molar-refractivity contribution is -0.150. The van der Waals surface area contributed by atoms with Crippen LogP contribution in [0.3, 0.4) is 0 Å². The third-order valence-corrected chi connectivity index (χ3v) is 9.38. The van der Waals surface area contributed by atoms with E-state index in [0.29, 0.717) is 22.3 Å². The van der Waals surface area contributed by atoms with Crippen molar-refractivity contribution in [3.05, 3.63) is 46.6 Å². The zero-order chi connectivity index (χ0) is 29.3. The third kappa shape index (κ3) is 5.47. The summed E-state index contributed by atoms with van der Waals surface area (Å²) >= 11 is 3.81. The molecule has 0 aliphatic carbocycles. The van der Waals surface area contributed by atoms with Crippen LogP contribution in [0, 0.1) is 0 Å². The zero-order valence-corrected chi connectivity index (χ0v) is 24.4. The number of carboxylic acids is 1. The molecule has 5 rings (SSSR count). The molecule has 2 aliphatic heterocycles. The van der Waals surface area contributed by atoms with E-state index >= 15 is 0 Å². The van der Waals surface area contributed by atoms with E-state index in [0.717, 1.165) is 22.6 Å². The minimum Gasteiger partial charge on any atom is -0.497 e. The number of aliphatic carboxylic acids is 1. The van der Waals surface area contributed by atoms with Crippen molar-refractivity contribution in [3.63, 3.8) is 0 Å². The van der Waals surface area contributed by atoms with Gasteiger partial charge in [-0.2, -0.15) is 0 Å². The van der Waals surface area contributed by atoms with Gasteiger partial charge in [-0.3, -0.25) is 14.5 Å². The van der Waals surface area contributed by atoms with Crippen molar-refractivity contribution in [2.24, 2.45) is 12.2 Å². The second-order valence-electron chi connectivity index (χ2n) is 8.69. The van der Waals surface area contributed by atoms with Gasteiger partial charge >= 0.3 is 5.97 Å². The maximum atomic E-state index is 13.1. The Labute approximate surface area is 246 Å². The van der Waals surface area contributed by atoms with Crippen LogP contribution in [0.1, 0.15) is 5.69 Å². The molecular formula is C24H24N8O6S3. The second-order valence-corrected chi connectivity index (χ2v) is 11.6. The number of carbonyl (C=O) groups excluding carboxylic acids is 2. The largest absolute Gasteiger partial charge is 0.497 e. The summed E-state index contributed by atoms with van der Waals surface area (Å²) < 4.78 is 7.02. The van der Waals surface area contributed by atoms with Gasteiger partial charge < -0.3 is 30.3 Å². The van der Waals surface area contributed by atoms with E-state index in [9.17, 15) is 19.5 Å². The summed E-state index contributed by atoms with van der Waals surface area (Å²) in [6.07, 6.45) is 0. The monoisotopic (exact) mass is 616 g/mol. The Balaban J connectivity index is 1.29. The molecule has 0 radical (unpaired) electrons. The summed E-state index contributed by atoms with van der Waals surface area (Å²) in [5, 5.41) is 26.7. The number of nitrogens with zero attached hydrogens (tertiary/aromatic N) is 6. The van der Waals surface area contributed by atoms with Gasteiger partial charge in [0.1, 0.15) is 35.7 Å². The number of amides is 2. The average molecular weight is 617 g/mol. The maximum Gasteiger partial charge on any atom is 0.352 e. The highest BCUT2D eigenvalue weighted by Crippen LogP contribution is 2.41. The van der Waals surface area contributed by atoms with E-state index in [1.807, 2.05) is 35.9 Å². The Hall–Kier alpha value is -4.09. The molecule has 2 aromatic heterocycles. The Morgan fingerprint density at radius 3 is 2.66 bits per heavy atom. The highest BCUT2D eigenvalue weighted by molar-refractivity contribution is 8.01. The van der Waals surface area contributed by atoms with Crippen LogP contribution in [0.2, 0.25) is 0 Å². The number of methoxy groups -OCH3 is 1. The molecule has 0 spiro atoms. The highest BCUT2D eigenvalue weighted by Gasteiger charge is 2.54. The van der Waals surface area contributed by atoms with Gasteiger partial charge in [0.15, 0.2) is 21.8 Å². The number of oxime groups is 1.